The minimum absolute atomic E-state index is 0.0109. The van der Waals surface area contributed by atoms with Gasteiger partial charge in [-0.05, 0) is 31.4 Å². The molecule has 2 aliphatic rings. The van der Waals surface area contributed by atoms with Gasteiger partial charge < -0.3 is 9.64 Å². The molecule has 2 aromatic heterocycles. The molecule has 2 aromatic rings. The lowest BCUT2D eigenvalue weighted by Gasteiger charge is -2.24. The molecule has 0 spiro atoms. The Morgan fingerprint density at radius 1 is 1.38 bits per heavy atom. The molecule has 1 saturated carbocycles. The number of H-pyrrole nitrogens is 1. The third-order valence-corrected chi connectivity index (χ3v) is 4.83. The van der Waals surface area contributed by atoms with Crippen LogP contribution in [0.5, 0.6) is 0 Å². The number of nitrogens with one attached hydrogen (secondary N) is 1. The van der Waals surface area contributed by atoms with Gasteiger partial charge in [0.1, 0.15) is 12.2 Å². The highest BCUT2D eigenvalue weighted by Crippen LogP contribution is 2.40. The molecular formula is C17H21N5O2. The molecule has 4 rings (SSSR count). The molecule has 1 aliphatic heterocycles. The van der Waals surface area contributed by atoms with Crippen molar-refractivity contribution >= 4 is 5.91 Å². The predicted molar refractivity (Wildman–Crippen MR) is 86.7 cm³/mol. The topological polar surface area (TPSA) is 84.0 Å². The summed E-state index contributed by atoms with van der Waals surface area (Å²) in [7, 11) is 1.82. The van der Waals surface area contributed by atoms with E-state index in [2.05, 4.69) is 20.2 Å². The molecule has 3 heterocycles. The van der Waals surface area contributed by atoms with E-state index >= 15 is 0 Å². The zero-order valence-electron chi connectivity index (χ0n) is 13.7. The molecule has 1 saturated heterocycles. The molecule has 1 aliphatic carbocycles. The summed E-state index contributed by atoms with van der Waals surface area (Å²) in [4.78, 5) is 23.3. The third kappa shape index (κ3) is 2.91. The van der Waals surface area contributed by atoms with Crippen molar-refractivity contribution in [2.45, 2.75) is 37.2 Å². The number of carbonyl (C=O) groups excluding carboxylic acids is 1. The Labute approximate surface area is 140 Å². The monoisotopic (exact) mass is 327 g/mol. The van der Waals surface area contributed by atoms with Crippen molar-refractivity contribution in [3.8, 4) is 0 Å². The van der Waals surface area contributed by atoms with E-state index in [1.807, 2.05) is 19.2 Å². The van der Waals surface area contributed by atoms with Crippen molar-refractivity contribution in [3.63, 3.8) is 0 Å². The van der Waals surface area contributed by atoms with Gasteiger partial charge in [0.25, 0.3) is 5.91 Å². The van der Waals surface area contributed by atoms with Crippen LogP contribution in [0.1, 0.15) is 53.0 Å². The summed E-state index contributed by atoms with van der Waals surface area (Å²) in [5.74, 6) is 1.44. The molecule has 7 heteroatoms. The number of carbonyl (C=O) groups is 1. The van der Waals surface area contributed by atoms with Crippen LogP contribution in [-0.2, 0) is 4.74 Å². The van der Waals surface area contributed by atoms with Gasteiger partial charge >= 0.3 is 0 Å². The fourth-order valence-corrected chi connectivity index (χ4v) is 3.37. The van der Waals surface area contributed by atoms with Crippen LogP contribution in [0.3, 0.4) is 0 Å². The van der Waals surface area contributed by atoms with Crippen LogP contribution in [-0.4, -0.2) is 57.3 Å². The standard InChI is InChI=1S/C17H21N5O2/c1-22(9-14-12(6-8-24-14)16-19-10-20-21-16)17(23)13-3-2-7-18-15(13)11-4-5-11/h2-3,7,10-12,14H,4-6,8-9H2,1H3,(H,19,20,21)/t12-,14-/m1/s1. The molecule has 1 amide bonds. The van der Waals surface area contributed by atoms with Crippen molar-refractivity contribution in [1.29, 1.82) is 0 Å². The Kier molecular flexibility index (Phi) is 4.02. The molecule has 24 heavy (non-hydrogen) atoms. The number of amides is 1. The Bertz CT molecular complexity index is 714. The highest BCUT2D eigenvalue weighted by Gasteiger charge is 2.35. The summed E-state index contributed by atoms with van der Waals surface area (Å²) >= 11 is 0. The highest BCUT2D eigenvalue weighted by atomic mass is 16.5. The smallest absolute Gasteiger partial charge is 0.255 e. The van der Waals surface area contributed by atoms with Gasteiger partial charge in [-0.3, -0.25) is 14.9 Å². The molecule has 0 bridgehead atoms. The highest BCUT2D eigenvalue weighted by molar-refractivity contribution is 5.95. The first-order valence-electron chi connectivity index (χ1n) is 8.41. The van der Waals surface area contributed by atoms with E-state index in [1.54, 1.807) is 11.1 Å². The Morgan fingerprint density at radius 3 is 3.00 bits per heavy atom. The number of hydrogen-bond acceptors (Lipinski definition) is 5. The second-order valence-corrected chi connectivity index (χ2v) is 6.57. The average molecular weight is 327 g/mol. The zero-order valence-corrected chi connectivity index (χ0v) is 13.7. The Morgan fingerprint density at radius 2 is 2.25 bits per heavy atom. The van der Waals surface area contributed by atoms with Crippen molar-refractivity contribution in [2.75, 3.05) is 20.2 Å². The van der Waals surface area contributed by atoms with Crippen molar-refractivity contribution in [3.05, 3.63) is 41.7 Å². The number of aromatic amines is 1. The number of aromatic nitrogens is 4. The maximum absolute atomic E-state index is 12.9. The maximum Gasteiger partial charge on any atom is 0.255 e. The summed E-state index contributed by atoms with van der Waals surface area (Å²) in [6.45, 7) is 1.21. The van der Waals surface area contributed by atoms with Crippen LogP contribution in [0.15, 0.2) is 24.7 Å². The van der Waals surface area contributed by atoms with E-state index in [1.165, 1.54) is 6.33 Å². The third-order valence-electron chi connectivity index (χ3n) is 4.83. The number of nitrogens with zero attached hydrogens (tertiary/aromatic N) is 4. The van der Waals surface area contributed by atoms with Gasteiger partial charge in [-0.1, -0.05) is 0 Å². The van der Waals surface area contributed by atoms with Crippen LogP contribution < -0.4 is 0 Å². The van der Waals surface area contributed by atoms with E-state index in [0.717, 1.165) is 36.3 Å². The van der Waals surface area contributed by atoms with Gasteiger partial charge in [0.05, 0.1) is 17.4 Å². The van der Waals surface area contributed by atoms with Crippen molar-refractivity contribution in [1.82, 2.24) is 25.1 Å². The van der Waals surface area contributed by atoms with Gasteiger partial charge in [0.15, 0.2) is 0 Å². The molecule has 1 N–H and O–H groups in total. The van der Waals surface area contributed by atoms with Gasteiger partial charge in [-0.15, -0.1) is 0 Å². The normalized spacial score (nSPS) is 23.4. The fraction of sp³-hybridized carbons (Fsp3) is 0.529. The van der Waals surface area contributed by atoms with Crippen LogP contribution in [0.4, 0.5) is 0 Å². The summed E-state index contributed by atoms with van der Waals surface area (Å²) in [5.41, 5.74) is 1.66. The van der Waals surface area contributed by atoms with Crippen molar-refractivity contribution < 1.29 is 9.53 Å². The van der Waals surface area contributed by atoms with E-state index in [0.29, 0.717) is 19.1 Å². The lowest BCUT2D eigenvalue weighted by Crippen LogP contribution is -2.37. The van der Waals surface area contributed by atoms with Gasteiger partial charge in [0, 0.05) is 38.2 Å². The molecule has 0 radical (unpaired) electrons. The first-order chi connectivity index (χ1) is 11.7. The van der Waals surface area contributed by atoms with E-state index in [4.69, 9.17) is 4.74 Å². The second kappa shape index (κ2) is 6.32. The predicted octanol–water partition coefficient (Wildman–Crippen LogP) is 1.72. The average Bonchev–Trinajstić information content (AvgIpc) is 3.11. The molecule has 7 nitrogen and oxygen atoms in total. The summed E-state index contributed by atoms with van der Waals surface area (Å²) < 4.78 is 5.84. The minimum atomic E-state index is -0.0621. The van der Waals surface area contributed by atoms with Crippen LogP contribution in [0.2, 0.25) is 0 Å². The van der Waals surface area contributed by atoms with Crippen LogP contribution >= 0.6 is 0 Å². The largest absolute Gasteiger partial charge is 0.376 e. The van der Waals surface area contributed by atoms with Gasteiger partial charge in [-0.25, -0.2) is 4.98 Å². The molecule has 0 aromatic carbocycles. The van der Waals surface area contributed by atoms with Crippen molar-refractivity contribution in [2.24, 2.45) is 0 Å². The lowest BCUT2D eigenvalue weighted by molar-refractivity contribution is 0.0549. The van der Waals surface area contributed by atoms with E-state index in [9.17, 15) is 4.79 Å². The summed E-state index contributed by atoms with van der Waals surface area (Å²) in [6, 6.07) is 3.71. The SMILES string of the molecule is CN(C[C@H]1OCC[C@H]1c1ncn[nH]1)C(=O)c1cccnc1C1CC1. The number of ether oxygens (including phenoxy) is 1. The summed E-state index contributed by atoms with van der Waals surface area (Å²) in [6.07, 6.45) is 6.36. The quantitative estimate of drug-likeness (QED) is 0.904. The number of likely N-dealkylation sites (N-methyl/N-ethyl adjacent to an activating group) is 1. The first-order valence-corrected chi connectivity index (χ1v) is 8.41. The second-order valence-electron chi connectivity index (χ2n) is 6.57. The van der Waals surface area contributed by atoms with Gasteiger partial charge in [0.2, 0.25) is 0 Å². The lowest BCUT2D eigenvalue weighted by atomic mass is 10.00. The zero-order chi connectivity index (χ0) is 16.5. The van der Waals surface area contributed by atoms with Crippen LogP contribution in [0, 0.1) is 0 Å². The van der Waals surface area contributed by atoms with Gasteiger partial charge in [-0.2, -0.15) is 5.10 Å². The number of pyridine rings is 1. The van der Waals surface area contributed by atoms with E-state index in [-0.39, 0.29) is 17.9 Å². The number of hydrogen-bond donors (Lipinski definition) is 1. The minimum Gasteiger partial charge on any atom is -0.376 e. The Hall–Kier alpha value is -2.28. The molecule has 0 unspecified atom stereocenters. The van der Waals surface area contributed by atoms with E-state index < -0.39 is 0 Å². The summed E-state index contributed by atoms with van der Waals surface area (Å²) in [5, 5.41) is 6.84. The molecule has 2 atom stereocenters. The fourth-order valence-electron chi connectivity index (χ4n) is 3.37. The Balaban J connectivity index is 1.48. The number of rotatable bonds is 5. The molecule has 2 fully saturated rings. The molecular weight excluding hydrogens is 306 g/mol. The maximum atomic E-state index is 12.9. The van der Waals surface area contributed by atoms with Crippen LogP contribution in [0.25, 0.3) is 0 Å². The first kappa shape index (κ1) is 15.3. The molecule has 126 valence electrons.